The van der Waals surface area contributed by atoms with Gasteiger partial charge in [0.1, 0.15) is 0 Å². The van der Waals surface area contributed by atoms with Crippen LogP contribution in [-0.2, 0) is 4.74 Å². The summed E-state index contributed by atoms with van der Waals surface area (Å²) in [6.07, 6.45) is 9.89. The van der Waals surface area contributed by atoms with Crippen LogP contribution in [0.15, 0.2) is 0 Å². The van der Waals surface area contributed by atoms with Gasteiger partial charge in [0, 0.05) is 38.3 Å². The van der Waals surface area contributed by atoms with Crippen LogP contribution in [0.4, 0.5) is 4.79 Å². The second-order valence-electron chi connectivity index (χ2n) is 8.11. The number of rotatable bonds is 5. The summed E-state index contributed by atoms with van der Waals surface area (Å²) in [5, 5.41) is 6.39. The van der Waals surface area contributed by atoms with E-state index in [1.165, 1.54) is 38.5 Å². The Hall–Kier alpha value is -0.810. The van der Waals surface area contributed by atoms with Gasteiger partial charge in [-0.25, -0.2) is 4.79 Å². The van der Waals surface area contributed by atoms with Gasteiger partial charge < -0.3 is 20.3 Å². The molecule has 2 heterocycles. The molecule has 24 heavy (non-hydrogen) atoms. The van der Waals surface area contributed by atoms with Crippen molar-refractivity contribution < 1.29 is 9.53 Å². The average Bonchev–Trinajstić information content (AvgIpc) is 3.10. The standard InChI is InChI=1S/C19H35N3O2/c1-15(17-5-3-2-4-6-17)20-19(23)21-18-7-10-22(11-8-18)13-16-9-12-24-14-16/h15-18H,2-14H2,1H3,(H2,20,21,23). The summed E-state index contributed by atoms with van der Waals surface area (Å²) in [5.41, 5.74) is 0. The molecule has 0 spiro atoms. The van der Waals surface area contributed by atoms with Gasteiger partial charge in [-0.15, -0.1) is 0 Å². The van der Waals surface area contributed by atoms with Crippen molar-refractivity contribution in [3.63, 3.8) is 0 Å². The predicted molar refractivity (Wildman–Crippen MR) is 96.1 cm³/mol. The maximum absolute atomic E-state index is 12.3. The van der Waals surface area contributed by atoms with Crippen LogP contribution in [0, 0.1) is 11.8 Å². The molecule has 1 saturated carbocycles. The number of carbonyl (C=O) groups excluding carboxylic acids is 1. The minimum atomic E-state index is 0.0377. The number of piperidine rings is 1. The van der Waals surface area contributed by atoms with Gasteiger partial charge in [-0.1, -0.05) is 19.3 Å². The van der Waals surface area contributed by atoms with Crippen molar-refractivity contribution in [3.8, 4) is 0 Å². The minimum absolute atomic E-state index is 0.0377. The maximum atomic E-state index is 12.3. The Balaban J connectivity index is 1.32. The number of likely N-dealkylation sites (tertiary alicyclic amines) is 1. The second kappa shape index (κ2) is 9.04. The molecular weight excluding hydrogens is 302 g/mol. The summed E-state index contributed by atoms with van der Waals surface area (Å²) >= 11 is 0. The second-order valence-corrected chi connectivity index (χ2v) is 8.11. The lowest BCUT2D eigenvalue weighted by atomic mass is 9.84. The summed E-state index contributed by atoms with van der Waals surface area (Å²) < 4.78 is 5.47. The fourth-order valence-corrected chi connectivity index (χ4v) is 4.54. The lowest BCUT2D eigenvalue weighted by Crippen LogP contribution is -2.51. The smallest absolute Gasteiger partial charge is 0.315 e. The number of amides is 2. The highest BCUT2D eigenvalue weighted by atomic mass is 16.5. The van der Waals surface area contributed by atoms with E-state index < -0.39 is 0 Å². The number of urea groups is 1. The summed E-state index contributed by atoms with van der Waals surface area (Å²) in [6, 6.07) is 0.670. The molecule has 3 aliphatic rings. The molecule has 2 saturated heterocycles. The Morgan fingerprint density at radius 1 is 1.12 bits per heavy atom. The van der Waals surface area contributed by atoms with Gasteiger partial charge >= 0.3 is 6.03 Å². The largest absolute Gasteiger partial charge is 0.381 e. The van der Waals surface area contributed by atoms with E-state index in [1.807, 2.05) is 0 Å². The van der Waals surface area contributed by atoms with Crippen LogP contribution in [-0.4, -0.2) is 55.9 Å². The summed E-state index contributed by atoms with van der Waals surface area (Å²) in [5.74, 6) is 1.38. The average molecular weight is 338 g/mol. The minimum Gasteiger partial charge on any atom is -0.381 e. The Morgan fingerprint density at radius 2 is 1.88 bits per heavy atom. The Bertz CT molecular complexity index is 384. The molecule has 5 heteroatoms. The third kappa shape index (κ3) is 5.35. The van der Waals surface area contributed by atoms with E-state index in [0.29, 0.717) is 23.9 Å². The van der Waals surface area contributed by atoms with E-state index in [4.69, 9.17) is 4.74 Å². The zero-order valence-electron chi connectivity index (χ0n) is 15.3. The van der Waals surface area contributed by atoms with Crippen molar-refractivity contribution >= 4 is 6.03 Å². The molecule has 2 N–H and O–H groups in total. The molecule has 3 rings (SSSR count). The molecule has 2 atom stereocenters. The van der Waals surface area contributed by atoms with E-state index in [0.717, 1.165) is 45.7 Å². The van der Waals surface area contributed by atoms with E-state index in [1.54, 1.807) is 0 Å². The van der Waals surface area contributed by atoms with E-state index >= 15 is 0 Å². The Kier molecular flexibility index (Phi) is 6.78. The van der Waals surface area contributed by atoms with Crippen molar-refractivity contribution in [1.82, 2.24) is 15.5 Å². The van der Waals surface area contributed by atoms with Gasteiger partial charge in [0.2, 0.25) is 0 Å². The fourth-order valence-electron chi connectivity index (χ4n) is 4.54. The molecule has 0 aromatic heterocycles. The van der Waals surface area contributed by atoms with Crippen LogP contribution in [0.25, 0.3) is 0 Å². The van der Waals surface area contributed by atoms with Crippen LogP contribution < -0.4 is 10.6 Å². The van der Waals surface area contributed by atoms with Crippen molar-refractivity contribution in [1.29, 1.82) is 0 Å². The first-order valence-corrected chi connectivity index (χ1v) is 10.1. The van der Waals surface area contributed by atoms with Crippen LogP contribution in [0.1, 0.15) is 58.3 Å². The first-order chi connectivity index (χ1) is 11.7. The monoisotopic (exact) mass is 337 g/mol. The van der Waals surface area contributed by atoms with Crippen LogP contribution in [0.2, 0.25) is 0 Å². The van der Waals surface area contributed by atoms with Crippen molar-refractivity contribution in [2.45, 2.75) is 70.4 Å². The molecule has 0 aromatic rings. The number of nitrogens with one attached hydrogen (secondary N) is 2. The molecule has 2 aliphatic heterocycles. The molecule has 2 unspecified atom stereocenters. The van der Waals surface area contributed by atoms with Crippen molar-refractivity contribution in [3.05, 3.63) is 0 Å². The first-order valence-electron chi connectivity index (χ1n) is 10.1. The molecule has 0 radical (unpaired) electrons. The topological polar surface area (TPSA) is 53.6 Å². The predicted octanol–water partition coefficient (Wildman–Crippen LogP) is 2.76. The zero-order valence-corrected chi connectivity index (χ0v) is 15.3. The number of hydrogen-bond donors (Lipinski definition) is 2. The van der Waals surface area contributed by atoms with Crippen molar-refractivity contribution in [2.75, 3.05) is 32.8 Å². The zero-order chi connectivity index (χ0) is 16.8. The molecule has 0 bridgehead atoms. The third-order valence-electron chi connectivity index (χ3n) is 6.18. The lowest BCUT2D eigenvalue weighted by molar-refractivity contribution is 0.147. The van der Waals surface area contributed by atoms with Crippen LogP contribution in [0.5, 0.6) is 0 Å². The summed E-state index contributed by atoms with van der Waals surface area (Å²) in [4.78, 5) is 14.8. The normalized spacial score (nSPS) is 28.6. The lowest BCUT2D eigenvalue weighted by Gasteiger charge is -2.34. The molecular formula is C19H35N3O2. The first kappa shape index (κ1) is 18.0. The van der Waals surface area contributed by atoms with Gasteiger partial charge in [-0.05, 0) is 50.9 Å². The molecule has 1 aliphatic carbocycles. The van der Waals surface area contributed by atoms with E-state index in [2.05, 4.69) is 22.5 Å². The Labute approximate surface area is 146 Å². The van der Waals surface area contributed by atoms with Crippen LogP contribution in [0.3, 0.4) is 0 Å². The molecule has 2 amide bonds. The summed E-state index contributed by atoms with van der Waals surface area (Å²) in [6.45, 7) is 7.39. The van der Waals surface area contributed by atoms with Gasteiger partial charge in [0.05, 0.1) is 6.61 Å². The quantitative estimate of drug-likeness (QED) is 0.811. The fraction of sp³-hybridized carbons (Fsp3) is 0.947. The molecule has 138 valence electrons. The highest BCUT2D eigenvalue weighted by Crippen LogP contribution is 2.26. The number of nitrogens with zero attached hydrogens (tertiary/aromatic N) is 1. The van der Waals surface area contributed by atoms with Crippen molar-refractivity contribution in [2.24, 2.45) is 11.8 Å². The number of hydrogen-bond acceptors (Lipinski definition) is 3. The Morgan fingerprint density at radius 3 is 2.54 bits per heavy atom. The number of ether oxygens (including phenoxy) is 1. The maximum Gasteiger partial charge on any atom is 0.315 e. The van der Waals surface area contributed by atoms with E-state index in [-0.39, 0.29) is 6.03 Å². The molecule has 0 aromatic carbocycles. The third-order valence-corrected chi connectivity index (χ3v) is 6.18. The van der Waals surface area contributed by atoms with Gasteiger partial charge in [-0.2, -0.15) is 0 Å². The van der Waals surface area contributed by atoms with Gasteiger partial charge in [0.25, 0.3) is 0 Å². The SMILES string of the molecule is CC(NC(=O)NC1CCN(CC2CCOC2)CC1)C1CCCCC1. The molecule has 3 fully saturated rings. The van der Waals surface area contributed by atoms with E-state index in [9.17, 15) is 4.79 Å². The highest BCUT2D eigenvalue weighted by Gasteiger charge is 2.26. The highest BCUT2D eigenvalue weighted by molar-refractivity contribution is 5.74. The molecule has 5 nitrogen and oxygen atoms in total. The van der Waals surface area contributed by atoms with Gasteiger partial charge in [-0.3, -0.25) is 0 Å². The summed E-state index contributed by atoms with van der Waals surface area (Å²) in [7, 11) is 0. The van der Waals surface area contributed by atoms with Crippen LogP contribution >= 0.6 is 0 Å². The van der Waals surface area contributed by atoms with Gasteiger partial charge in [0.15, 0.2) is 0 Å². The number of carbonyl (C=O) groups is 1.